The van der Waals surface area contributed by atoms with Crippen molar-refractivity contribution < 1.29 is 33.2 Å². The van der Waals surface area contributed by atoms with Crippen LogP contribution in [0.1, 0.15) is 23.6 Å². The second-order valence-electron chi connectivity index (χ2n) is 10.7. The van der Waals surface area contributed by atoms with E-state index in [2.05, 4.69) is 64.2 Å². The Morgan fingerprint density at radius 1 is 1.11 bits per heavy atom. The molecule has 9 nitrogen and oxygen atoms in total. The SMILES string of the molecule is C=C/C=C\C(OC)=C(/COC)OC.O=COCC1CCc2cc3c(cc2C1Nc1ccc(-c2nc4ccccc4s2)cc1Br)OCO3. The van der Waals surface area contributed by atoms with Gasteiger partial charge in [0, 0.05) is 28.8 Å². The van der Waals surface area contributed by atoms with Crippen LogP contribution in [0, 0.1) is 5.92 Å². The van der Waals surface area contributed by atoms with Crippen LogP contribution in [0.2, 0.25) is 0 Å². The number of benzene rings is 3. The van der Waals surface area contributed by atoms with E-state index in [1.807, 2.05) is 18.2 Å². The second kappa shape index (κ2) is 16.5. The number of nitrogens with zero attached hydrogens (tertiary/aromatic N) is 1. The summed E-state index contributed by atoms with van der Waals surface area (Å²) in [6.07, 6.45) is 7.01. The molecule has 47 heavy (non-hydrogen) atoms. The average Bonchev–Trinajstić information content (AvgIpc) is 3.75. The number of thiazole rings is 1. The summed E-state index contributed by atoms with van der Waals surface area (Å²) in [5.74, 6) is 2.98. The maximum Gasteiger partial charge on any atom is 0.293 e. The van der Waals surface area contributed by atoms with E-state index in [0.717, 1.165) is 56.2 Å². The zero-order chi connectivity index (χ0) is 33.2. The lowest BCUT2D eigenvalue weighted by molar-refractivity contribution is -0.130. The van der Waals surface area contributed by atoms with Crippen LogP contribution in [0.4, 0.5) is 5.69 Å². The largest absolute Gasteiger partial charge is 0.495 e. The van der Waals surface area contributed by atoms with Crippen molar-refractivity contribution in [3.8, 4) is 22.1 Å². The van der Waals surface area contributed by atoms with Crippen LogP contribution < -0.4 is 14.8 Å². The molecule has 0 spiro atoms. The van der Waals surface area contributed by atoms with Crippen molar-refractivity contribution in [3.05, 3.63) is 107 Å². The molecule has 0 bridgehead atoms. The van der Waals surface area contributed by atoms with Crippen LogP contribution >= 0.6 is 27.3 Å². The van der Waals surface area contributed by atoms with Crippen molar-refractivity contribution in [2.45, 2.75) is 18.9 Å². The lowest BCUT2D eigenvalue weighted by Gasteiger charge is -2.34. The van der Waals surface area contributed by atoms with Gasteiger partial charge in [-0.05, 0) is 88.4 Å². The molecular weight excluding hydrogens is 684 g/mol. The van der Waals surface area contributed by atoms with E-state index in [1.165, 1.54) is 10.3 Å². The molecule has 2 unspecified atom stereocenters. The molecule has 1 N–H and O–H groups in total. The first-order valence-electron chi connectivity index (χ1n) is 15.0. The molecular formula is C36H37BrN2O7S. The van der Waals surface area contributed by atoms with E-state index in [0.29, 0.717) is 31.2 Å². The number of aromatic nitrogens is 1. The number of nitrogens with one attached hydrogen (secondary N) is 1. The number of hydrogen-bond acceptors (Lipinski definition) is 10. The fourth-order valence-corrected chi connectivity index (χ4v) is 6.98. The van der Waals surface area contributed by atoms with Gasteiger partial charge in [-0.25, -0.2) is 4.98 Å². The van der Waals surface area contributed by atoms with Crippen LogP contribution in [0.25, 0.3) is 20.8 Å². The molecule has 0 saturated heterocycles. The first-order chi connectivity index (χ1) is 23.0. The van der Waals surface area contributed by atoms with Crippen LogP contribution in [0.5, 0.6) is 11.5 Å². The Morgan fingerprint density at radius 3 is 2.62 bits per heavy atom. The predicted octanol–water partition coefficient (Wildman–Crippen LogP) is 8.22. The van der Waals surface area contributed by atoms with E-state index in [-0.39, 0.29) is 18.8 Å². The highest BCUT2D eigenvalue weighted by Gasteiger charge is 2.33. The Kier molecular flexibility index (Phi) is 11.9. The molecule has 2 atom stereocenters. The molecule has 3 aromatic carbocycles. The van der Waals surface area contributed by atoms with Crippen molar-refractivity contribution in [1.82, 2.24) is 4.98 Å². The molecule has 1 aromatic heterocycles. The van der Waals surface area contributed by atoms with Gasteiger partial charge < -0.3 is 33.7 Å². The number of ether oxygens (including phenoxy) is 6. The van der Waals surface area contributed by atoms with Crippen molar-refractivity contribution in [2.75, 3.05) is 46.7 Å². The first kappa shape index (κ1) is 34.0. The van der Waals surface area contributed by atoms with Gasteiger partial charge in [-0.1, -0.05) is 30.9 Å². The minimum atomic E-state index is -0.0391. The lowest BCUT2D eigenvalue weighted by Crippen LogP contribution is -2.30. The van der Waals surface area contributed by atoms with Gasteiger partial charge in [0.15, 0.2) is 23.0 Å². The minimum Gasteiger partial charge on any atom is -0.495 e. The summed E-state index contributed by atoms with van der Waals surface area (Å²) in [4.78, 5) is 15.7. The molecule has 2 aliphatic rings. The highest BCUT2D eigenvalue weighted by atomic mass is 79.9. The van der Waals surface area contributed by atoms with E-state index < -0.39 is 0 Å². The number of carbonyl (C=O) groups is 1. The summed E-state index contributed by atoms with van der Waals surface area (Å²) >= 11 is 5.44. The monoisotopic (exact) mass is 720 g/mol. The lowest BCUT2D eigenvalue weighted by atomic mass is 9.79. The normalized spacial score (nSPS) is 16.9. The van der Waals surface area contributed by atoms with Crippen molar-refractivity contribution in [3.63, 3.8) is 0 Å². The summed E-state index contributed by atoms with van der Waals surface area (Å²) in [6, 6.07) is 18.5. The second-order valence-corrected chi connectivity index (χ2v) is 12.5. The van der Waals surface area contributed by atoms with Gasteiger partial charge in [0.2, 0.25) is 6.79 Å². The number of halogens is 1. The molecule has 0 saturated carbocycles. The molecule has 2 heterocycles. The van der Waals surface area contributed by atoms with E-state index in [1.54, 1.807) is 50.9 Å². The first-order valence-corrected chi connectivity index (χ1v) is 16.6. The molecule has 0 radical (unpaired) electrons. The van der Waals surface area contributed by atoms with Gasteiger partial charge in [-0.2, -0.15) is 0 Å². The summed E-state index contributed by atoms with van der Waals surface area (Å²) in [5, 5.41) is 4.69. The van der Waals surface area contributed by atoms with Gasteiger partial charge in [-0.15, -0.1) is 11.3 Å². The number of para-hydroxylation sites is 1. The number of aryl methyl sites for hydroxylation is 1. The summed E-state index contributed by atoms with van der Waals surface area (Å²) in [5.41, 5.74) is 5.42. The average molecular weight is 722 g/mol. The van der Waals surface area contributed by atoms with E-state index >= 15 is 0 Å². The number of allylic oxidation sites excluding steroid dienone is 3. The van der Waals surface area contributed by atoms with E-state index in [4.69, 9.17) is 33.4 Å². The summed E-state index contributed by atoms with van der Waals surface area (Å²) < 4.78 is 33.7. The van der Waals surface area contributed by atoms with Gasteiger partial charge in [-0.3, -0.25) is 4.79 Å². The Bertz CT molecular complexity index is 1740. The molecule has 0 fully saturated rings. The quantitative estimate of drug-likeness (QED) is 0.0882. The molecule has 0 amide bonds. The molecule has 1 aliphatic carbocycles. The molecule has 6 rings (SSSR count). The topological polar surface area (TPSA) is 97.4 Å². The number of hydrogen-bond donors (Lipinski definition) is 1. The third kappa shape index (κ3) is 8.16. The number of anilines is 1. The number of fused-ring (bicyclic) bond motifs is 3. The molecule has 1 aliphatic heterocycles. The molecule has 11 heteroatoms. The zero-order valence-electron chi connectivity index (χ0n) is 26.5. The highest BCUT2D eigenvalue weighted by molar-refractivity contribution is 9.10. The van der Waals surface area contributed by atoms with Gasteiger partial charge in [0.1, 0.15) is 11.6 Å². The van der Waals surface area contributed by atoms with Crippen LogP contribution in [0.3, 0.4) is 0 Å². The molecule has 246 valence electrons. The fourth-order valence-electron chi connectivity index (χ4n) is 5.53. The summed E-state index contributed by atoms with van der Waals surface area (Å²) in [6.45, 7) is 5.07. The van der Waals surface area contributed by atoms with Crippen LogP contribution in [0.15, 0.2) is 95.4 Å². The van der Waals surface area contributed by atoms with Gasteiger partial charge in [0.25, 0.3) is 6.47 Å². The third-order valence-electron chi connectivity index (χ3n) is 7.82. The number of rotatable bonds is 12. The van der Waals surface area contributed by atoms with Crippen molar-refractivity contribution in [2.24, 2.45) is 5.92 Å². The smallest absolute Gasteiger partial charge is 0.293 e. The van der Waals surface area contributed by atoms with Crippen molar-refractivity contribution in [1.29, 1.82) is 0 Å². The zero-order valence-corrected chi connectivity index (χ0v) is 28.9. The summed E-state index contributed by atoms with van der Waals surface area (Å²) in [7, 11) is 4.76. The highest BCUT2D eigenvalue weighted by Crippen LogP contribution is 2.45. The third-order valence-corrected chi connectivity index (χ3v) is 9.57. The van der Waals surface area contributed by atoms with Crippen molar-refractivity contribution >= 4 is 49.6 Å². The molecule has 4 aromatic rings. The predicted molar refractivity (Wildman–Crippen MR) is 188 cm³/mol. The van der Waals surface area contributed by atoms with Crippen LogP contribution in [-0.4, -0.2) is 52.8 Å². The maximum atomic E-state index is 10.9. The Hall–Kier alpha value is -4.32. The van der Waals surface area contributed by atoms with Gasteiger partial charge in [0.05, 0.1) is 37.1 Å². The number of carbonyl (C=O) groups excluding carboxylic acids is 1. The number of methoxy groups -OCH3 is 3. The Labute approximate surface area is 286 Å². The van der Waals surface area contributed by atoms with Gasteiger partial charge >= 0.3 is 0 Å². The van der Waals surface area contributed by atoms with Crippen LogP contribution in [-0.2, 0) is 30.2 Å². The maximum absolute atomic E-state index is 10.9. The Balaban J connectivity index is 0.000000285. The standard InChI is InChI=1S/C26H21BrN2O4S.C10H16O3/c27-19-9-16(26-29-21-3-1-2-4-24(21)34-26)7-8-20(19)28-25-17(12-31-13-30)6-5-15-10-22-23(11-18(15)25)33-14-32-22;1-5-6-7-9(12-3)10(13-4)8-11-2/h1-4,7-11,13,17,25,28H,5-6,12,14H2;5-7H,1,8H2,2-4H3/b;7-6-,10-9-. The fraction of sp³-hybridized carbons (Fsp3) is 0.278. The Morgan fingerprint density at radius 2 is 1.91 bits per heavy atom. The van der Waals surface area contributed by atoms with E-state index in [9.17, 15) is 4.79 Å². The minimum absolute atomic E-state index is 0.0391.